The van der Waals surface area contributed by atoms with Gasteiger partial charge in [0.25, 0.3) is 0 Å². The highest BCUT2D eigenvalue weighted by Gasteiger charge is 2.15. The Hall–Kier alpha value is -2.03. The zero-order valence-electron chi connectivity index (χ0n) is 12.1. The van der Waals surface area contributed by atoms with E-state index in [1.807, 2.05) is 37.3 Å². The number of hydrogen-bond donors (Lipinski definition) is 1. The minimum atomic E-state index is -0.224. The van der Waals surface area contributed by atoms with E-state index in [1.54, 1.807) is 13.2 Å². The average molecular weight is 273 g/mol. The molecular formula is C17H20FNO. The highest BCUT2D eigenvalue weighted by molar-refractivity contribution is 5.50. The van der Waals surface area contributed by atoms with Crippen molar-refractivity contribution in [2.24, 2.45) is 0 Å². The molecule has 20 heavy (non-hydrogen) atoms. The van der Waals surface area contributed by atoms with Gasteiger partial charge in [-0.1, -0.05) is 31.2 Å². The molecule has 2 nitrogen and oxygen atoms in total. The summed E-state index contributed by atoms with van der Waals surface area (Å²) in [5, 5.41) is 3.26. The minimum absolute atomic E-state index is 0.0170. The van der Waals surface area contributed by atoms with Crippen LogP contribution in [-0.4, -0.2) is 7.11 Å². The van der Waals surface area contributed by atoms with E-state index in [1.165, 1.54) is 6.07 Å². The summed E-state index contributed by atoms with van der Waals surface area (Å²) in [5.74, 6) is 0.595. The molecule has 0 fully saturated rings. The van der Waals surface area contributed by atoms with Crippen molar-refractivity contribution in [3.63, 3.8) is 0 Å². The molecule has 1 N–H and O–H groups in total. The maximum atomic E-state index is 14.0. The van der Waals surface area contributed by atoms with E-state index >= 15 is 0 Å². The fourth-order valence-electron chi connectivity index (χ4n) is 2.28. The zero-order chi connectivity index (χ0) is 14.5. The van der Waals surface area contributed by atoms with Crippen molar-refractivity contribution >= 4 is 5.69 Å². The molecular weight excluding hydrogens is 253 g/mol. The van der Waals surface area contributed by atoms with Crippen LogP contribution >= 0.6 is 0 Å². The predicted molar refractivity (Wildman–Crippen MR) is 80.8 cm³/mol. The maximum Gasteiger partial charge on any atom is 0.146 e. The summed E-state index contributed by atoms with van der Waals surface area (Å²) in [5.41, 5.74) is 2.48. The van der Waals surface area contributed by atoms with Crippen molar-refractivity contribution in [3.05, 3.63) is 59.4 Å². The normalized spacial score (nSPS) is 12.0. The van der Waals surface area contributed by atoms with E-state index in [2.05, 4.69) is 12.2 Å². The van der Waals surface area contributed by atoms with Crippen LogP contribution in [0.1, 0.15) is 30.5 Å². The Morgan fingerprint density at radius 1 is 1.20 bits per heavy atom. The molecule has 0 heterocycles. The first kappa shape index (κ1) is 14.4. The first-order valence-electron chi connectivity index (χ1n) is 6.81. The molecule has 1 atom stereocenters. The summed E-state index contributed by atoms with van der Waals surface area (Å²) in [6.45, 7) is 3.95. The summed E-state index contributed by atoms with van der Waals surface area (Å²) in [7, 11) is 1.65. The summed E-state index contributed by atoms with van der Waals surface area (Å²) in [6.07, 6.45) is 0.841. The van der Waals surface area contributed by atoms with Crippen molar-refractivity contribution in [2.75, 3.05) is 12.4 Å². The number of hydrogen-bond acceptors (Lipinski definition) is 2. The lowest BCUT2D eigenvalue weighted by Gasteiger charge is -2.21. The lowest BCUT2D eigenvalue weighted by molar-refractivity contribution is 0.406. The molecule has 106 valence electrons. The molecule has 0 spiro atoms. The Labute approximate surface area is 119 Å². The fraction of sp³-hybridized carbons (Fsp3) is 0.294. The molecule has 0 radical (unpaired) electrons. The molecule has 3 heteroatoms. The maximum absolute atomic E-state index is 14.0. The number of methoxy groups -OCH3 is 1. The van der Waals surface area contributed by atoms with Gasteiger partial charge in [0.1, 0.15) is 11.6 Å². The summed E-state index contributed by atoms with van der Waals surface area (Å²) < 4.78 is 19.3. The van der Waals surface area contributed by atoms with Gasteiger partial charge in [-0.25, -0.2) is 4.39 Å². The molecule has 0 saturated carbocycles. The van der Waals surface area contributed by atoms with Crippen LogP contribution in [0.2, 0.25) is 0 Å². The number of aryl methyl sites for hydroxylation is 1. The van der Waals surface area contributed by atoms with E-state index in [0.717, 1.165) is 23.3 Å². The Bertz CT molecular complexity index is 583. The standard InChI is InChI=1S/C17H20FNO/c1-4-15(13-7-5-6-8-17(13)20-3)19-16-10-9-12(2)11-14(16)18/h5-11,15,19H,4H2,1-3H3. The van der Waals surface area contributed by atoms with Crippen molar-refractivity contribution < 1.29 is 9.13 Å². The first-order chi connectivity index (χ1) is 9.65. The van der Waals surface area contributed by atoms with Gasteiger partial charge in [0.15, 0.2) is 0 Å². The highest BCUT2D eigenvalue weighted by atomic mass is 19.1. The van der Waals surface area contributed by atoms with Gasteiger partial charge in [0.05, 0.1) is 18.8 Å². The molecule has 0 amide bonds. The molecule has 0 saturated heterocycles. The van der Waals surface area contributed by atoms with Gasteiger partial charge in [-0.3, -0.25) is 0 Å². The second-order valence-corrected chi connectivity index (χ2v) is 4.83. The smallest absolute Gasteiger partial charge is 0.146 e. The van der Waals surface area contributed by atoms with Crippen molar-refractivity contribution in [3.8, 4) is 5.75 Å². The van der Waals surface area contributed by atoms with Crippen molar-refractivity contribution in [2.45, 2.75) is 26.3 Å². The molecule has 0 bridgehead atoms. The third-order valence-corrected chi connectivity index (χ3v) is 3.38. The Kier molecular flexibility index (Phi) is 4.61. The largest absolute Gasteiger partial charge is 0.496 e. The molecule has 0 aromatic heterocycles. The Balaban J connectivity index is 2.29. The monoisotopic (exact) mass is 273 g/mol. The average Bonchev–Trinajstić information content (AvgIpc) is 2.46. The third-order valence-electron chi connectivity index (χ3n) is 3.38. The second-order valence-electron chi connectivity index (χ2n) is 4.83. The summed E-state index contributed by atoms with van der Waals surface area (Å²) in [6, 6.07) is 13.1. The molecule has 2 rings (SSSR count). The lowest BCUT2D eigenvalue weighted by atomic mass is 10.0. The Morgan fingerprint density at radius 3 is 2.60 bits per heavy atom. The number of halogens is 1. The van der Waals surface area contributed by atoms with Gasteiger partial charge < -0.3 is 10.1 Å². The van der Waals surface area contributed by atoms with Crippen LogP contribution in [0.4, 0.5) is 10.1 Å². The van der Waals surface area contributed by atoms with Gasteiger partial charge in [-0.2, -0.15) is 0 Å². The van der Waals surface area contributed by atoms with Gasteiger partial charge in [-0.05, 0) is 37.1 Å². The lowest BCUT2D eigenvalue weighted by Crippen LogP contribution is -2.12. The zero-order valence-corrected chi connectivity index (χ0v) is 12.1. The van der Waals surface area contributed by atoms with Gasteiger partial charge in [-0.15, -0.1) is 0 Å². The van der Waals surface area contributed by atoms with Crippen LogP contribution < -0.4 is 10.1 Å². The Morgan fingerprint density at radius 2 is 1.95 bits per heavy atom. The second kappa shape index (κ2) is 6.42. The number of ether oxygens (including phenoxy) is 1. The van der Waals surface area contributed by atoms with Gasteiger partial charge in [0.2, 0.25) is 0 Å². The fourth-order valence-corrected chi connectivity index (χ4v) is 2.28. The van der Waals surface area contributed by atoms with Crippen molar-refractivity contribution in [1.82, 2.24) is 0 Å². The van der Waals surface area contributed by atoms with E-state index in [-0.39, 0.29) is 11.9 Å². The molecule has 0 aliphatic rings. The third kappa shape index (κ3) is 3.10. The first-order valence-corrected chi connectivity index (χ1v) is 6.81. The van der Waals surface area contributed by atoms with Crippen LogP contribution in [-0.2, 0) is 0 Å². The topological polar surface area (TPSA) is 21.3 Å². The quantitative estimate of drug-likeness (QED) is 0.852. The number of benzene rings is 2. The number of nitrogens with one attached hydrogen (secondary N) is 1. The number of anilines is 1. The van der Waals surface area contributed by atoms with Crippen LogP contribution in [0.15, 0.2) is 42.5 Å². The summed E-state index contributed by atoms with van der Waals surface area (Å²) in [4.78, 5) is 0. The SMILES string of the molecule is CCC(Nc1ccc(C)cc1F)c1ccccc1OC. The van der Waals surface area contributed by atoms with E-state index < -0.39 is 0 Å². The minimum Gasteiger partial charge on any atom is -0.496 e. The molecule has 0 aliphatic carbocycles. The molecule has 1 unspecified atom stereocenters. The van der Waals surface area contributed by atoms with E-state index in [4.69, 9.17) is 4.74 Å². The van der Waals surface area contributed by atoms with Gasteiger partial charge in [0, 0.05) is 5.56 Å². The van der Waals surface area contributed by atoms with Crippen LogP contribution in [0.25, 0.3) is 0 Å². The van der Waals surface area contributed by atoms with Crippen LogP contribution in [0.3, 0.4) is 0 Å². The van der Waals surface area contributed by atoms with Crippen molar-refractivity contribution in [1.29, 1.82) is 0 Å². The highest BCUT2D eigenvalue weighted by Crippen LogP contribution is 2.30. The van der Waals surface area contributed by atoms with E-state index in [0.29, 0.717) is 5.69 Å². The van der Waals surface area contributed by atoms with Crippen LogP contribution in [0, 0.1) is 12.7 Å². The van der Waals surface area contributed by atoms with Gasteiger partial charge >= 0.3 is 0 Å². The number of para-hydroxylation sites is 1. The van der Waals surface area contributed by atoms with E-state index in [9.17, 15) is 4.39 Å². The summed E-state index contributed by atoms with van der Waals surface area (Å²) >= 11 is 0. The molecule has 2 aromatic rings. The molecule has 0 aliphatic heterocycles. The predicted octanol–water partition coefficient (Wildman–Crippen LogP) is 4.71. The number of rotatable bonds is 5. The molecule has 2 aromatic carbocycles. The van der Waals surface area contributed by atoms with Crippen LogP contribution in [0.5, 0.6) is 5.75 Å².